The largest absolute Gasteiger partial charge is 1.00 e. The van der Waals surface area contributed by atoms with Crippen LogP contribution in [0.15, 0.2) is 66.9 Å². The fourth-order valence-electron chi connectivity index (χ4n) is 5.34. The van der Waals surface area contributed by atoms with Gasteiger partial charge in [0.15, 0.2) is 5.52 Å². The van der Waals surface area contributed by atoms with Gasteiger partial charge in [0, 0.05) is 36.6 Å². The van der Waals surface area contributed by atoms with E-state index in [2.05, 4.69) is 94.7 Å². The van der Waals surface area contributed by atoms with Gasteiger partial charge in [0.2, 0.25) is 0 Å². The standard InChI is InChI=1S/C27H28N3.HI/c1-28(2)23-12-14-26-22(17-23)8-11-24-18-29-25-13-9-20(19-6-4-3-5-7-19)16-21(25)10-15-27(29)30(24)26;/h8-19H,3-7H2,1-2H3;1H/q+1;/p-1. The normalized spacial score (nSPS) is 15.0. The number of fused-ring (bicyclic) bond motifs is 7. The number of anilines is 1. The molecule has 4 heteroatoms. The quantitative estimate of drug-likeness (QED) is 0.257. The van der Waals surface area contributed by atoms with E-state index in [1.807, 2.05) is 0 Å². The van der Waals surface area contributed by atoms with Crippen molar-refractivity contribution >= 4 is 38.7 Å². The molecule has 0 bridgehead atoms. The summed E-state index contributed by atoms with van der Waals surface area (Å²) in [6.07, 6.45) is 9.13. The van der Waals surface area contributed by atoms with Crippen LogP contribution in [-0.4, -0.2) is 18.5 Å². The molecule has 1 saturated carbocycles. The molecule has 0 radical (unpaired) electrons. The number of halogens is 1. The molecule has 31 heavy (non-hydrogen) atoms. The number of hydrogen-bond donors (Lipinski definition) is 0. The van der Waals surface area contributed by atoms with E-state index in [9.17, 15) is 0 Å². The molecular weight excluding hydrogens is 493 g/mol. The average molecular weight is 521 g/mol. The topological polar surface area (TPSA) is 11.8 Å². The summed E-state index contributed by atoms with van der Waals surface area (Å²) in [5.74, 6) is 0.742. The van der Waals surface area contributed by atoms with E-state index in [0.717, 1.165) is 5.92 Å². The van der Waals surface area contributed by atoms with E-state index in [-0.39, 0.29) is 24.0 Å². The smallest absolute Gasteiger partial charge is 0.292 e. The van der Waals surface area contributed by atoms with Crippen molar-refractivity contribution in [1.29, 1.82) is 0 Å². The Morgan fingerprint density at radius 2 is 1.65 bits per heavy atom. The van der Waals surface area contributed by atoms with Crippen molar-refractivity contribution in [1.82, 2.24) is 4.40 Å². The maximum Gasteiger partial charge on any atom is 0.292 e. The highest BCUT2D eigenvalue weighted by molar-refractivity contribution is 5.88. The number of rotatable bonds is 2. The molecular formula is C27H28IN3. The van der Waals surface area contributed by atoms with Gasteiger partial charge in [0.05, 0.1) is 0 Å². The van der Waals surface area contributed by atoms with Gasteiger partial charge in [-0.2, -0.15) is 8.80 Å². The molecule has 3 nitrogen and oxygen atoms in total. The fourth-order valence-corrected chi connectivity index (χ4v) is 5.34. The lowest BCUT2D eigenvalue weighted by Crippen LogP contribution is -3.00. The molecule has 0 atom stereocenters. The maximum absolute atomic E-state index is 2.43. The number of nitrogens with zero attached hydrogens (tertiary/aromatic N) is 3. The van der Waals surface area contributed by atoms with E-state index in [0.29, 0.717) is 0 Å². The second-order valence-corrected chi connectivity index (χ2v) is 9.07. The summed E-state index contributed by atoms with van der Waals surface area (Å²) in [5.41, 5.74) is 7.72. The van der Waals surface area contributed by atoms with Gasteiger partial charge in [0.1, 0.15) is 17.2 Å². The van der Waals surface area contributed by atoms with Crippen molar-refractivity contribution in [3.05, 3.63) is 72.4 Å². The molecule has 0 spiro atoms. The third kappa shape index (κ3) is 3.36. The summed E-state index contributed by atoms with van der Waals surface area (Å²) >= 11 is 0. The van der Waals surface area contributed by atoms with Crippen LogP contribution < -0.4 is 33.3 Å². The summed E-state index contributed by atoms with van der Waals surface area (Å²) in [4.78, 5) is 2.16. The van der Waals surface area contributed by atoms with Gasteiger partial charge in [-0.3, -0.25) is 0 Å². The van der Waals surface area contributed by atoms with Crippen molar-refractivity contribution in [2.24, 2.45) is 0 Å². The van der Waals surface area contributed by atoms with Gasteiger partial charge >= 0.3 is 0 Å². The molecule has 1 aliphatic rings. The zero-order chi connectivity index (χ0) is 20.2. The molecule has 0 aliphatic heterocycles. The average Bonchev–Trinajstić information content (AvgIpc) is 3.18. The van der Waals surface area contributed by atoms with Crippen LogP contribution >= 0.6 is 0 Å². The molecule has 3 heterocycles. The van der Waals surface area contributed by atoms with Crippen LogP contribution in [0.1, 0.15) is 43.6 Å². The molecule has 6 rings (SSSR count). The zero-order valence-corrected chi connectivity index (χ0v) is 20.3. The number of pyridine rings is 2. The molecule has 0 N–H and O–H groups in total. The second kappa shape index (κ2) is 7.97. The third-order valence-corrected chi connectivity index (χ3v) is 7.00. The number of imidazole rings is 1. The Morgan fingerprint density at radius 1 is 0.839 bits per heavy atom. The van der Waals surface area contributed by atoms with Gasteiger partial charge in [-0.05, 0) is 72.9 Å². The van der Waals surface area contributed by atoms with Crippen molar-refractivity contribution in [3.63, 3.8) is 0 Å². The highest BCUT2D eigenvalue weighted by Gasteiger charge is 2.19. The summed E-state index contributed by atoms with van der Waals surface area (Å²) in [5, 5.41) is 2.60. The first-order valence-corrected chi connectivity index (χ1v) is 11.2. The third-order valence-electron chi connectivity index (χ3n) is 7.00. The first-order valence-electron chi connectivity index (χ1n) is 11.2. The lowest BCUT2D eigenvalue weighted by atomic mass is 9.84. The molecule has 1 aliphatic carbocycles. The predicted octanol–water partition coefficient (Wildman–Crippen LogP) is 3.10. The van der Waals surface area contributed by atoms with Gasteiger partial charge in [0.25, 0.3) is 5.65 Å². The van der Waals surface area contributed by atoms with Crippen LogP contribution in [0.3, 0.4) is 0 Å². The maximum atomic E-state index is 2.43. The molecule has 2 aromatic carbocycles. The molecule has 1 fully saturated rings. The Labute approximate surface area is 200 Å². The van der Waals surface area contributed by atoms with Crippen molar-refractivity contribution in [2.45, 2.75) is 38.0 Å². The van der Waals surface area contributed by atoms with Gasteiger partial charge < -0.3 is 28.9 Å². The lowest BCUT2D eigenvalue weighted by molar-refractivity contribution is -0.479. The van der Waals surface area contributed by atoms with Crippen LogP contribution in [0.5, 0.6) is 0 Å². The van der Waals surface area contributed by atoms with E-state index in [4.69, 9.17) is 0 Å². The van der Waals surface area contributed by atoms with E-state index in [1.54, 1.807) is 0 Å². The minimum atomic E-state index is 0. The highest BCUT2D eigenvalue weighted by Crippen LogP contribution is 2.34. The van der Waals surface area contributed by atoms with Crippen LogP contribution in [0.25, 0.3) is 33.0 Å². The molecule has 0 saturated heterocycles. The van der Waals surface area contributed by atoms with Crippen LogP contribution in [-0.2, 0) is 0 Å². The van der Waals surface area contributed by atoms with E-state index >= 15 is 0 Å². The molecule has 0 unspecified atom stereocenters. The van der Waals surface area contributed by atoms with Gasteiger partial charge in [-0.15, -0.1) is 0 Å². The summed E-state index contributed by atoms with van der Waals surface area (Å²) in [7, 11) is 4.18. The van der Waals surface area contributed by atoms with Crippen molar-refractivity contribution in [2.75, 3.05) is 19.0 Å². The number of benzene rings is 2. The monoisotopic (exact) mass is 521 g/mol. The molecule has 5 aromatic rings. The number of hydrogen-bond acceptors (Lipinski definition) is 1. The molecule has 158 valence electrons. The van der Waals surface area contributed by atoms with Crippen LogP contribution in [0.4, 0.5) is 5.69 Å². The van der Waals surface area contributed by atoms with E-state index in [1.165, 1.54) is 76.3 Å². The van der Waals surface area contributed by atoms with Gasteiger partial charge in [-0.25, -0.2) is 0 Å². The summed E-state index contributed by atoms with van der Waals surface area (Å²) in [6.45, 7) is 0. The van der Waals surface area contributed by atoms with E-state index < -0.39 is 0 Å². The minimum Gasteiger partial charge on any atom is -1.00 e. The Bertz CT molecular complexity index is 1410. The van der Waals surface area contributed by atoms with Crippen molar-refractivity contribution < 1.29 is 28.4 Å². The molecule has 3 aromatic heterocycles. The highest BCUT2D eigenvalue weighted by atomic mass is 127. The summed E-state index contributed by atoms with van der Waals surface area (Å²) in [6, 6.07) is 22.9. The number of aromatic nitrogens is 2. The Kier molecular flexibility index (Phi) is 5.29. The predicted molar refractivity (Wildman–Crippen MR) is 126 cm³/mol. The Balaban J connectivity index is 0.00000204. The van der Waals surface area contributed by atoms with Gasteiger partial charge in [-0.1, -0.05) is 25.3 Å². The Hall–Kier alpha value is -2.34. The first-order chi connectivity index (χ1) is 14.7. The Morgan fingerprint density at radius 3 is 2.45 bits per heavy atom. The lowest BCUT2D eigenvalue weighted by Gasteiger charge is -2.22. The fraction of sp³-hybridized carbons (Fsp3) is 0.296. The molecule has 0 amide bonds. The second-order valence-electron chi connectivity index (χ2n) is 9.07. The minimum absolute atomic E-state index is 0. The van der Waals surface area contributed by atoms with Crippen LogP contribution in [0.2, 0.25) is 0 Å². The SMILES string of the molecule is CN(C)c1ccc2c(ccc3c[n+]4c5ccc(C6CCCCC6)cc5ccc4n32)c1.[I-]. The summed E-state index contributed by atoms with van der Waals surface area (Å²) < 4.78 is 4.73. The van der Waals surface area contributed by atoms with Crippen molar-refractivity contribution in [3.8, 4) is 0 Å². The van der Waals surface area contributed by atoms with Crippen LogP contribution in [0, 0.1) is 0 Å². The first kappa shape index (κ1) is 20.6. The zero-order valence-electron chi connectivity index (χ0n) is 18.2.